The molecule has 1 amide bonds. The van der Waals surface area contributed by atoms with Gasteiger partial charge in [0.1, 0.15) is 4.88 Å². The third-order valence-electron chi connectivity index (χ3n) is 4.32. The molecule has 1 heterocycles. The summed E-state index contributed by atoms with van der Waals surface area (Å²) in [7, 11) is 0. The van der Waals surface area contributed by atoms with Crippen LogP contribution >= 0.6 is 11.3 Å². The highest BCUT2D eigenvalue weighted by Crippen LogP contribution is 2.13. The first kappa shape index (κ1) is 23.5. The van der Waals surface area contributed by atoms with Crippen molar-refractivity contribution in [3.63, 3.8) is 0 Å². The van der Waals surface area contributed by atoms with E-state index in [4.69, 9.17) is 4.74 Å². The molecule has 0 aliphatic heterocycles. The Kier molecular flexibility index (Phi) is 9.47. The molecule has 162 valence electrons. The first-order valence-corrected chi connectivity index (χ1v) is 11.2. The van der Waals surface area contributed by atoms with Gasteiger partial charge in [0.2, 0.25) is 0 Å². The molecule has 0 aliphatic rings. The average molecular weight is 432 g/mol. The van der Waals surface area contributed by atoms with Gasteiger partial charge in [-0.3, -0.25) is 19.1 Å². The third kappa shape index (κ3) is 6.66. The monoisotopic (exact) mass is 431 g/mol. The molecule has 0 aliphatic carbocycles. The quantitative estimate of drug-likeness (QED) is 0.457. The SMILES string of the molecule is CCCCN=c1sc(C(=O)Nc2ccc(C(=O)OCC)cc2)cc(=O)n1CCCC. The van der Waals surface area contributed by atoms with Crippen molar-refractivity contribution in [2.45, 2.75) is 53.0 Å². The average Bonchev–Trinajstić information content (AvgIpc) is 2.73. The Morgan fingerprint density at radius 2 is 1.80 bits per heavy atom. The van der Waals surface area contributed by atoms with E-state index in [-0.39, 0.29) is 11.5 Å². The highest BCUT2D eigenvalue weighted by Gasteiger charge is 2.12. The summed E-state index contributed by atoms with van der Waals surface area (Å²) in [5.74, 6) is -0.790. The molecule has 1 N–H and O–H groups in total. The van der Waals surface area contributed by atoms with E-state index in [0.29, 0.717) is 40.6 Å². The van der Waals surface area contributed by atoms with Crippen LogP contribution in [0.25, 0.3) is 0 Å². The van der Waals surface area contributed by atoms with Crippen LogP contribution in [0.1, 0.15) is 66.5 Å². The predicted molar refractivity (Wildman–Crippen MR) is 119 cm³/mol. The van der Waals surface area contributed by atoms with E-state index in [1.165, 1.54) is 17.4 Å². The van der Waals surface area contributed by atoms with E-state index in [0.717, 1.165) is 25.7 Å². The first-order valence-electron chi connectivity index (χ1n) is 10.3. The van der Waals surface area contributed by atoms with Crippen molar-refractivity contribution in [2.24, 2.45) is 4.99 Å². The molecule has 2 rings (SSSR count). The Morgan fingerprint density at radius 1 is 1.10 bits per heavy atom. The topological polar surface area (TPSA) is 89.8 Å². The molecule has 7 nitrogen and oxygen atoms in total. The second kappa shape index (κ2) is 12.1. The van der Waals surface area contributed by atoms with E-state index < -0.39 is 5.97 Å². The van der Waals surface area contributed by atoms with Gasteiger partial charge in [-0.25, -0.2) is 4.79 Å². The number of hydrogen-bond acceptors (Lipinski definition) is 6. The van der Waals surface area contributed by atoms with Crippen LogP contribution < -0.4 is 15.7 Å². The van der Waals surface area contributed by atoms with Crippen molar-refractivity contribution < 1.29 is 14.3 Å². The summed E-state index contributed by atoms with van der Waals surface area (Å²) in [5, 5.41) is 2.77. The number of esters is 1. The zero-order valence-corrected chi connectivity index (χ0v) is 18.6. The lowest BCUT2D eigenvalue weighted by atomic mass is 10.2. The maximum absolute atomic E-state index is 12.7. The highest BCUT2D eigenvalue weighted by molar-refractivity contribution is 7.11. The minimum absolute atomic E-state index is 0.222. The van der Waals surface area contributed by atoms with Gasteiger partial charge in [-0.05, 0) is 44.0 Å². The maximum Gasteiger partial charge on any atom is 0.338 e. The number of aromatic nitrogens is 1. The summed E-state index contributed by atoms with van der Waals surface area (Å²) >= 11 is 1.22. The Balaban J connectivity index is 2.25. The van der Waals surface area contributed by atoms with E-state index in [1.54, 1.807) is 35.8 Å². The fraction of sp³-hybridized carbons (Fsp3) is 0.455. The minimum Gasteiger partial charge on any atom is -0.462 e. The zero-order chi connectivity index (χ0) is 21.9. The van der Waals surface area contributed by atoms with Crippen molar-refractivity contribution >= 4 is 28.9 Å². The Labute approximate surface area is 180 Å². The summed E-state index contributed by atoms with van der Waals surface area (Å²) < 4.78 is 6.60. The van der Waals surface area contributed by atoms with Gasteiger partial charge in [0, 0.05) is 24.8 Å². The number of rotatable bonds is 10. The molecule has 0 bridgehead atoms. The molecule has 0 fully saturated rings. The van der Waals surface area contributed by atoms with Crippen LogP contribution in [0, 0.1) is 0 Å². The Hall–Kier alpha value is -2.74. The second-order valence-corrected chi connectivity index (χ2v) is 7.73. The summed E-state index contributed by atoms with van der Waals surface area (Å²) in [6.45, 7) is 7.41. The molecule has 2 aromatic rings. The number of anilines is 1. The minimum atomic E-state index is -0.411. The van der Waals surface area contributed by atoms with Gasteiger partial charge in [0.25, 0.3) is 11.5 Å². The van der Waals surface area contributed by atoms with Crippen molar-refractivity contribution in [1.29, 1.82) is 0 Å². The number of nitrogens with zero attached hydrogens (tertiary/aromatic N) is 2. The molecule has 30 heavy (non-hydrogen) atoms. The van der Waals surface area contributed by atoms with E-state index in [9.17, 15) is 14.4 Å². The van der Waals surface area contributed by atoms with Gasteiger partial charge in [0.15, 0.2) is 4.80 Å². The molecule has 0 atom stereocenters. The Bertz CT molecular complexity index is 977. The number of ether oxygens (including phenoxy) is 1. The van der Waals surface area contributed by atoms with Crippen LogP contribution in [0.15, 0.2) is 40.1 Å². The Morgan fingerprint density at radius 3 is 2.43 bits per heavy atom. The smallest absolute Gasteiger partial charge is 0.338 e. The molecular weight excluding hydrogens is 402 g/mol. The van der Waals surface area contributed by atoms with Crippen LogP contribution in [-0.4, -0.2) is 29.6 Å². The number of unbranched alkanes of at least 4 members (excludes halogenated alkanes) is 2. The van der Waals surface area contributed by atoms with Crippen molar-refractivity contribution in [3.8, 4) is 0 Å². The molecule has 1 aromatic carbocycles. The lowest BCUT2D eigenvalue weighted by molar-refractivity contribution is 0.0526. The lowest BCUT2D eigenvalue weighted by Crippen LogP contribution is -2.33. The molecular formula is C22H29N3O4S. The third-order valence-corrected chi connectivity index (χ3v) is 5.38. The van der Waals surface area contributed by atoms with Crippen LogP contribution in [0.4, 0.5) is 5.69 Å². The van der Waals surface area contributed by atoms with Crippen molar-refractivity contribution in [2.75, 3.05) is 18.5 Å². The van der Waals surface area contributed by atoms with Gasteiger partial charge in [-0.2, -0.15) is 0 Å². The second-order valence-electron chi connectivity index (χ2n) is 6.72. The molecule has 0 radical (unpaired) electrons. The summed E-state index contributed by atoms with van der Waals surface area (Å²) in [6, 6.07) is 7.80. The molecule has 0 saturated heterocycles. The summed E-state index contributed by atoms with van der Waals surface area (Å²) in [4.78, 5) is 42.5. The number of nitrogens with one attached hydrogen (secondary N) is 1. The van der Waals surface area contributed by atoms with E-state index in [1.807, 2.05) is 0 Å². The molecule has 8 heteroatoms. The van der Waals surface area contributed by atoms with Gasteiger partial charge < -0.3 is 10.1 Å². The predicted octanol–water partition coefficient (Wildman–Crippen LogP) is 3.84. The van der Waals surface area contributed by atoms with E-state index in [2.05, 4.69) is 24.2 Å². The highest BCUT2D eigenvalue weighted by atomic mass is 32.1. The summed E-state index contributed by atoms with van der Waals surface area (Å²) in [5.41, 5.74) is 0.716. The number of benzene rings is 1. The van der Waals surface area contributed by atoms with Gasteiger partial charge in [-0.15, -0.1) is 0 Å². The number of hydrogen-bond donors (Lipinski definition) is 1. The molecule has 0 saturated carbocycles. The number of carbonyl (C=O) groups is 2. The first-order chi connectivity index (χ1) is 14.5. The maximum atomic E-state index is 12.7. The fourth-order valence-electron chi connectivity index (χ4n) is 2.65. The lowest BCUT2D eigenvalue weighted by Gasteiger charge is -2.09. The van der Waals surface area contributed by atoms with Gasteiger partial charge in [-0.1, -0.05) is 38.0 Å². The van der Waals surface area contributed by atoms with Crippen molar-refractivity contribution in [3.05, 3.63) is 55.9 Å². The van der Waals surface area contributed by atoms with Gasteiger partial charge >= 0.3 is 5.97 Å². The molecule has 0 spiro atoms. The standard InChI is InChI=1S/C22H29N3O4S/c1-4-7-13-23-22-25(14-8-5-2)19(26)15-18(30-22)20(27)24-17-11-9-16(10-12-17)21(28)29-6-3/h9-12,15H,4-8,13-14H2,1-3H3,(H,24,27). The van der Waals surface area contributed by atoms with E-state index >= 15 is 0 Å². The molecule has 0 unspecified atom stereocenters. The summed E-state index contributed by atoms with van der Waals surface area (Å²) in [6.07, 6.45) is 3.78. The largest absolute Gasteiger partial charge is 0.462 e. The van der Waals surface area contributed by atoms with Crippen LogP contribution in [0.2, 0.25) is 0 Å². The van der Waals surface area contributed by atoms with Crippen molar-refractivity contribution in [1.82, 2.24) is 4.57 Å². The normalized spacial score (nSPS) is 11.4. The van der Waals surface area contributed by atoms with Gasteiger partial charge in [0.05, 0.1) is 12.2 Å². The van der Waals surface area contributed by atoms with Crippen LogP contribution in [0.5, 0.6) is 0 Å². The molecule has 1 aromatic heterocycles. The number of carbonyl (C=O) groups excluding carboxylic acids is 2. The van der Waals surface area contributed by atoms with Crippen LogP contribution in [-0.2, 0) is 11.3 Å². The number of amides is 1. The fourth-order valence-corrected chi connectivity index (χ4v) is 3.60. The van der Waals surface area contributed by atoms with Crippen LogP contribution in [0.3, 0.4) is 0 Å². The zero-order valence-electron chi connectivity index (χ0n) is 17.8.